The summed E-state index contributed by atoms with van der Waals surface area (Å²) in [5.74, 6) is -0.285. The molecule has 144 valence electrons. The fourth-order valence-corrected chi connectivity index (χ4v) is 2.99. The molecule has 3 rings (SSSR count). The Morgan fingerprint density at radius 3 is 2.43 bits per heavy atom. The van der Waals surface area contributed by atoms with Crippen LogP contribution in [-0.4, -0.2) is 22.8 Å². The van der Waals surface area contributed by atoms with Crippen molar-refractivity contribution in [2.45, 2.75) is 40.2 Å². The maximum atomic E-state index is 12.7. The molecule has 1 heterocycles. The van der Waals surface area contributed by atoms with E-state index in [-0.39, 0.29) is 12.2 Å². The van der Waals surface area contributed by atoms with Gasteiger partial charge in [-0.05, 0) is 62.6 Å². The molecule has 1 unspecified atom stereocenters. The number of carbonyl (C=O) groups is 2. The monoisotopic (exact) mass is 377 g/mol. The van der Waals surface area contributed by atoms with E-state index in [1.807, 2.05) is 63.2 Å². The van der Waals surface area contributed by atoms with Crippen molar-refractivity contribution in [3.05, 3.63) is 76.7 Å². The standard InChI is InChI=1S/C23H23NO4/c1-14-10-16(3)20(11-15(14)2)22(26)17(4)28-21(25)12-19-13-27-23(24-19)18-8-6-5-7-9-18/h5-11,13,17H,12H2,1-4H3. The van der Waals surface area contributed by atoms with E-state index < -0.39 is 12.1 Å². The van der Waals surface area contributed by atoms with Gasteiger partial charge in [0.05, 0.1) is 12.1 Å². The van der Waals surface area contributed by atoms with Crippen LogP contribution in [0.2, 0.25) is 0 Å². The third kappa shape index (κ3) is 4.36. The third-order valence-electron chi connectivity index (χ3n) is 4.68. The molecule has 0 spiro atoms. The van der Waals surface area contributed by atoms with Crippen LogP contribution in [-0.2, 0) is 16.0 Å². The number of carbonyl (C=O) groups excluding carboxylic acids is 2. The van der Waals surface area contributed by atoms with Gasteiger partial charge in [-0.2, -0.15) is 0 Å². The summed E-state index contributed by atoms with van der Waals surface area (Å²) in [6.45, 7) is 7.43. The van der Waals surface area contributed by atoms with Crippen LogP contribution in [0.1, 0.15) is 39.7 Å². The number of nitrogens with zero attached hydrogens (tertiary/aromatic N) is 1. The number of rotatable bonds is 6. The number of aryl methyl sites for hydroxylation is 3. The molecule has 0 aliphatic rings. The zero-order valence-electron chi connectivity index (χ0n) is 16.5. The van der Waals surface area contributed by atoms with E-state index in [0.29, 0.717) is 17.1 Å². The first kappa shape index (κ1) is 19.5. The van der Waals surface area contributed by atoms with Gasteiger partial charge in [-0.1, -0.05) is 24.3 Å². The topological polar surface area (TPSA) is 69.4 Å². The van der Waals surface area contributed by atoms with Gasteiger partial charge in [0, 0.05) is 11.1 Å². The molecule has 0 amide bonds. The van der Waals surface area contributed by atoms with Crippen molar-refractivity contribution >= 4 is 11.8 Å². The lowest BCUT2D eigenvalue weighted by molar-refractivity contribution is -0.145. The molecular weight excluding hydrogens is 354 g/mol. The molecule has 5 heteroatoms. The molecule has 2 aromatic carbocycles. The maximum absolute atomic E-state index is 12.7. The molecule has 0 radical (unpaired) electrons. The van der Waals surface area contributed by atoms with Crippen LogP contribution in [0.5, 0.6) is 0 Å². The second-order valence-corrected chi connectivity index (χ2v) is 6.93. The highest BCUT2D eigenvalue weighted by molar-refractivity contribution is 6.01. The van der Waals surface area contributed by atoms with Crippen LogP contribution in [0.3, 0.4) is 0 Å². The molecule has 0 saturated heterocycles. The van der Waals surface area contributed by atoms with Crippen LogP contribution >= 0.6 is 0 Å². The minimum atomic E-state index is -0.867. The molecule has 3 aromatic rings. The smallest absolute Gasteiger partial charge is 0.312 e. The first-order chi connectivity index (χ1) is 13.3. The van der Waals surface area contributed by atoms with Crippen molar-refractivity contribution in [3.63, 3.8) is 0 Å². The number of benzene rings is 2. The van der Waals surface area contributed by atoms with Gasteiger partial charge in [0.1, 0.15) is 6.26 Å². The summed E-state index contributed by atoms with van der Waals surface area (Å²) < 4.78 is 10.8. The third-order valence-corrected chi connectivity index (χ3v) is 4.68. The summed E-state index contributed by atoms with van der Waals surface area (Å²) in [5.41, 5.74) is 4.90. The van der Waals surface area contributed by atoms with Gasteiger partial charge in [-0.25, -0.2) is 4.98 Å². The molecule has 1 atom stereocenters. The summed E-state index contributed by atoms with van der Waals surface area (Å²) in [4.78, 5) is 29.3. The number of aromatic nitrogens is 1. The zero-order chi connectivity index (χ0) is 20.3. The molecule has 0 aliphatic carbocycles. The molecule has 5 nitrogen and oxygen atoms in total. The quantitative estimate of drug-likeness (QED) is 0.463. The number of Topliss-reactive ketones (excluding diaryl/α,β-unsaturated/α-hetero) is 1. The second-order valence-electron chi connectivity index (χ2n) is 6.93. The molecule has 0 saturated carbocycles. The second kappa shape index (κ2) is 8.21. The molecule has 0 N–H and O–H groups in total. The van der Waals surface area contributed by atoms with E-state index in [4.69, 9.17) is 9.15 Å². The van der Waals surface area contributed by atoms with Crippen molar-refractivity contribution in [3.8, 4) is 11.5 Å². The number of hydrogen-bond donors (Lipinski definition) is 0. The molecule has 0 bridgehead atoms. The molecule has 1 aromatic heterocycles. The molecular formula is C23H23NO4. The Labute approximate surface area is 164 Å². The Hall–Kier alpha value is -3.21. The number of oxazole rings is 1. The van der Waals surface area contributed by atoms with Gasteiger partial charge in [0.25, 0.3) is 0 Å². The molecule has 28 heavy (non-hydrogen) atoms. The van der Waals surface area contributed by atoms with E-state index >= 15 is 0 Å². The summed E-state index contributed by atoms with van der Waals surface area (Å²) in [7, 11) is 0. The summed E-state index contributed by atoms with van der Waals surface area (Å²) in [6.07, 6.45) is 0.512. The average molecular weight is 377 g/mol. The van der Waals surface area contributed by atoms with Crippen LogP contribution < -0.4 is 0 Å². The highest BCUT2D eigenvalue weighted by atomic mass is 16.5. The summed E-state index contributed by atoms with van der Waals surface area (Å²) in [6, 6.07) is 13.2. The Kier molecular flexibility index (Phi) is 5.73. The van der Waals surface area contributed by atoms with Gasteiger partial charge in [0.15, 0.2) is 6.10 Å². The van der Waals surface area contributed by atoms with E-state index in [0.717, 1.165) is 22.3 Å². The Balaban J connectivity index is 1.64. The van der Waals surface area contributed by atoms with E-state index in [1.165, 1.54) is 6.26 Å². The summed E-state index contributed by atoms with van der Waals surface area (Å²) >= 11 is 0. The van der Waals surface area contributed by atoms with Crippen molar-refractivity contribution in [1.82, 2.24) is 4.98 Å². The van der Waals surface area contributed by atoms with E-state index in [1.54, 1.807) is 6.92 Å². The number of hydrogen-bond acceptors (Lipinski definition) is 5. The lowest BCUT2D eigenvalue weighted by atomic mass is 9.96. The van der Waals surface area contributed by atoms with Crippen molar-refractivity contribution in [2.24, 2.45) is 0 Å². The predicted molar refractivity (Wildman–Crippen MR) is 106 cm³/mol. The SMILES string of the molecule is Cc1cc(C)c(C(=O)C(C)OC(=O)Cc2coc(-c3ccccc3)n2)cc1C. The van der Waals surface area contributed by atoms with Crippen LogP contribution in [0.15, 0.2) is 53.1 Å². The fraction of sp³-hybridized carbons (Fsp3) is 0.261. The normalized spacial score (nSPS) is 11.9. The Bertz CT molecular complexity index is 1000. The highest BCUT2D eigenvalue weighted by Gasteiger charge is 2.22. The van der Waals surface area contributed by atoms with Gasteiger partial charge >= 0.3 is 5.97 Å². The minimum Gasteiger partial charge on any atom is -0.454 e. The Morgan fingerprint density at radius 2 is 1.71 bits per heavy atom. The van der Waals surface area contributed by atoms with E-state index in [9.17, 15) is 9.59 Å². The van der Waals surface area contributed by atoms with Crippen LogP contribution in [0, 0.1) is 20.8 Å². The number of esters is 1. The highest BCUT2D eigenvalue weighted by Crippen LogP contribution is 2.20. The number of ether oxygens (including phenoxy) is 1. The van der Waals surface area contributed by atoms with Crippen LogP contribution in [0.4, 0.5) is 0 Å². The maximum Gasteiger partial charge on any atom is 0.312 e. The predicted octanol–water partition coefficient (Wildman–Crippen LogP) is 4.62. The largest absolute Gasteiger partial charge is 0.454 e. The van der Waals surface area contributed by atoms with Gasteiger partial charge in [-0.3, -0.25) is 9.59 Å². The van der Waals surface area contributed by atoms with E-state index in [2.05, 4.69) is 4.98 Å². The lowest BCUT2D eigenvalue weighted by Gasteiger charge is -2.15. The zero-order valence-corrected chi connectivity index (χ0v) is 16.5. The van der Waals surface area contributed by atoms with Crippen LogP contribution in [0.25, 0.3) is 11.5 Å². The van der Waals surface area contributed by atoms with Crippen molar-refractivity contribution < 1.29 is 18.7 Å². The molecule has 0 fully saturated rings. The van der Waals surface area contributed by atoms with Gasteiger partial charge in [0.2, 0.25) is 11.7 Å². The minimum absolute atomic E-state index is 0.0557. The van der Waals surface area contributed by atoms with Gasteiger partial charge < -0.3 is 9.15 Å². The first-order valence-electron chi connectivity index (χ1n) is 9.16. The van der Waals surface area contributed by atoms with Crippen molar-refractivity contribution in [2.75, 3.05) is 0 Å². The molecule has 0 aliphatic heterocycles. The fourth-order valence-electron chi connectivity index (χ4n) is 2.99. The van der Waals surface area contributed by atoms with Crippen molar-refractivity contribution in [1.29, 1.82) is 0 Å². The average Bonchev–Trinajstić information content (AvgIpc) is 3.13. The summed E-state index contributed by atoms with van der Waals surface area (Å²) in [5, 5.41) is 0. The Morgan fingerprint density at radius 1 is 1.04 bits per heavy atom. The lowest BCUT2D eigenvalue weighted by Crippen LogP contribution is -2.26. The number of ketones is 1. The first-order valence-corrected chi connectivity index (χ1v) is 9.16. The van der Waals surface area contributed by atoms with Gasteiger partial charge in [-0.15, -0.1) is 0 Å².